The summed E-state index contributed by atoms with van der Waals surface area (Å²) in [5.41, 5.74) is -0.619. The smallest absolute Gasteiger partial charge is 0.384 e. The molecule has 0 amide bonds. The van der Waals surface area contributed by atoms with Crippen molar-refractivity contribution in [3.8, 4) is 0 Å². The Morgan fingerprint density at radius 3 is 2.47 bits per heavy atom. The number of nitrogens with zero attached hydrogens (tertiary/aromatic N) is 1. The minimum Gasteiger partial charge on any atom is -0.384 e. The highest BCUT2D eigenvalue weighted by molar-refractivity contribution is 5.38. The van der Waals surface area contributed by atoms with Crippen LogP contribution in [0.4, 0.5) is 13.2 Å². The Morgan fingerprint density at radius 2 is 1.95 bits per heavy atom. The Morgan fingerprint density at radius 1 is 1.32 bits per heavy atom. The van der Waals surface area contributed by atoms with Crippen LogP contribution in [0.15, 0.2) is 18.2 Å². The maximum absolute atomic E-state index is 12.7. The third-order valence-corrected chi connectivity index (χ3v) is 3.63. The molecule has 2 rings (SSSR count). The molecular weight excluding hydrogens is 255 g/mol. The Kier molecular flexibility index (Phi) is 3.39. The second-order valence-corrected chi connectivity index (χ2v) is 5.64. The highest BCUT2D eigenvalue weighted by Gasteiger charge is 2.37. The Hall–Kier alpha value is -1.07. The number of hydrogen-bond acceptors (Lipinski definition) is 2. The van der Waals surface area contributed by atoms with Gasteiger partial charge in [-0.3, -0.25) is 4.90 Å². The second-order valence-electron chi connectivity index (χ2n) is 5.64. The molecule has 0 unspecified atom stereocenters. The number of rotatable bonds is 1. The molecule has 0 fully saturated rings. The van der Waals surface area contributed by atoms with Gasteiger partial charge in [-0.25, -0.2) is 0 Å². The third kappa shape index (κ3) is 2.77. The van der Waals surface area contributed by atoms with E-state index in [1.807, 2.05) is 18.7 Å². The van der Waals surface area contributed by atoms with Crippen LogP contribution in [0.5, 0.6) is 0 Å². The largest absolute Gasteiger partial charge is 0.416 e. The van der Waals surface area contributed by atoms with Gasteiger partial charge in [0.2, 0.25) is 0 Å². The van der Waals surface area contributed by atoms with Crippen LogP contribution in [0.2, 0.25) is 0 Å². The number of alkyl halides is 3. The Bertz CT molecular complexity index is 480. The Labute approximate surface area is 110 Å². The molecule has 0 aromatic heterocycles. The van der Waals surface area contributed by atoms with Crippen molar-refractivity contribution in [3.63, 3.8) is 0 Å². The van der Waals surface area contributed by atoms with Gasteiger partial charge in [-0.05, 0) is 44.0 Å². The molecule has 1 N–H and O–H groups in total. The fourth-order valence-electron chi connectivity index (χ4n) is 2.55. The van der Waals surface area contributed by atoms with E-state index in [0.29, 0.717) is 24.2 Å². The third-order valence-electron chi connectivity index (χ3n) is 3.63. The summed E-state index contributed by atoms with van der Waals surface area (Å²) >= 11 is 0. The number of benzene rings is 1. The summed E-state index contributed by atoms with van der Waals surface area (Å²) in [4.78, 5) is 1.97. The lowest BCUT2D eigenvalue weighted by molar-refractivity contribution is -0.137. The molecule has 0 saturated heterocycles. The lowest BCUT2D eigenvalue weighted by atomic mass is 9.85. The molecule has 0 bridgehead atoms. The minimum absolute atomic E-state index is 0.175. The van der Waals surface area contributed by atoms with Crippen LogP contribution in [0.25, 0.3) is 0 Å². The molecule has 2 nitrogen and oxygen atoms in total. The molecule has 0 saturated carbocycles. The molecule has 0 radical (unpaired) electrons. The molecule has 1 aromatic carbocycles. The first-order valence-corrected chi connectivity index (χ1v) is 6.28. The van der Waals surface area contributed by atoms with Crippen LogP contribution < -0.4 is 0 Å². The molecular formula is C14H18F3NO. The normalized spacial score (nSPS) is 24.6. The lowest BCUT2D eigenvalue weighted by Crippen LogP contribution is -2.46. The molecule has 1 aliphatic heterocycles. The predicted octanol–water partition coefficient (Wildman–Crippen LogP) is 3.14. The molecule has 1 heterocycles. The molecule has 1 aromatic rings. The van der Waals surface area contributed by atoms with E-state index in [0.717, 1.165) is 12.1 Å². The first kappa shape index (κ1) is 14.3. The van der Waals surface area contributed by atoms with Crippen molar-refractivity contribution in [1.29, 1.82) is 0 Å². The number of halogens is 3. The van der Waals surface area contributed by atoms with Gasteiger partial charge in [-0.2, -0.15) is 13.2 Å². The van der Waals surface area contributed by atoms with Crippen molar-refractivity contribution in [2.24, 2.45) is 0 Å². The molecule has 1 aliphatic rings. The van der Waals surface area contributed by atoms with Crippen LogP contribution in [0, 0.1) is 0 Å². The van der Waals surface area contributed by atoms with Gasteiger partial charge in [0.05, 0.1) is 11.2 Å². The maximum atomic E-state index is 12.7. The van der Waals surface area contributed by atoms with E-state index in [2.05, 4.69) is 0 Å². The summed E-state index contributed by atoms with van der Waals surface area (Å²) in [6.07, 6.45) is -4.35. The van der Waals surface area contributed by atoms with Gasteiger partial charge in [0.25, 0.3) is 0 Å². The van der Waals surface area contributed by atoms with Gasteiger partial charge >= 0.3 is 6.18 Å². The lowest BCUT2D eigenvalue weighted by Gasteiger charge is -2.41. The quantitative estimate of drug-likeness (QED) is 0.849. The average molecular weight is 273 g/mol. The summed E-state index contributed by atoms with van der Waals surface area (Å²) < 4.78 is 38.2. The highest BCUT2D eigenvalue weighted by Crippen LogP contribution is 2.37. The van der Waals surface area contributed by atoms with Crippen LogP contribution in [0.1, 0.15) is 37.5 Å². The van der Waals surface area contributed by atoms with Crippen molar-refractivity contribution in [2.75, 3.05) is 6.54 Å². The van der Waals surface area contributed by atoms with E-state index < -0.39 is 17.3 Å². The second kappa shape index (κ2) is 4.49. The molecule has 5 heteroatoms. The SMILES string of the molecule is CC(C)N1Cc2cc(C(F)(F)F)ccc2[C@](C)(O)C1. The molecule has 0 spiro atoms. The zero-order valence-electron chi connectivity index (χ0n) is 11.3. The van der Waals surface area contributed by atoms with E-state index >= 15 is 0 Å². The van der Waals surface area contributed by atoms with Crippen molar-refractivity contribution in [3.05, 3.63) is 34.9 Å². The van der Waals surface area contributed by atoms with Crippen LogP contribution in [0.3, 0.4) is 0 Å². The van der Waals surface area contributed by atoms with Gasteiger partial charge < -0.3 is 5.11 Å². The summed E-state index contributed by atoms with van der Waals surface area (Å²) in [6.45, 7) is 6.45. The van der Waals surface area contributed by atoms with Crippen molar-refractivity contribution in [2.45, 2.75) is 45.1 Å². The fraction of sp³-hybridized carbons (Fsp3) is 0.571. The monoisotopic (exact) mass is 273 g/mol. The van der Waals surface area contributed by atoms with Crippen LogP contribution >= 0.6 is 0 Å². The van der Waals surface area contributed by atoms with Gasteiger partial charge in [0.1, 0.15) is 0 Å². The van der Waals surface area contributed by atoms with Crippen molar-refractivity contribution >= 4 is 0 Å². The summed E-state index contributed by atoms with van der Waals surface area (Å²) in [7, 11) is 0. The van der Waals surface area contributed by atoms with Gasteiger partial charge in [0, 0.05) is 19.1 Å². The molecule has 1 atom stereocenters. The molecule has 106 valence electrons. The van der Waals surface area contributed by atoms with E-state index in [9.17, 15) is 18.3 Å². The standard InChI is InChI=1S/C14H18F3NO/c1-9(2)18-7-10-6-11(14(15,16)17)4-5-12(10)13(3,19)8-18/h4-6,9,19H,7-8H2,1-3H3/t13-/m1/s1. The van der Waals surface area contributed by atoms with Crippen molar-refractivity contribution in [1.82, 2.24) is 4.90 Å². The summed E-state index contributed by atoms with van der Waals surface area (Å²) in [5, 5.41) is 10.4. The number of fused-ring (bicyclic) bond motifs is 1. The number of hydrogen-bond donors (Lipinski definition) is 1. The Balaban J connectivity index is 2.46. The fourth-order valence-corrected chi connectivity index (χ4v) is 2.55. The van der Waals surface area contributed by atoms with E-state index in [1.165, 1.54) is 6.07 Å². The van der Waals surface area contributed by atoms with E-state index in [1.54, 1.807) is 6.92 Å². The predicted molar refractivity (Wildman–Crippen MR) is 66.6 cm³/mol. The number of β-amino-alcohol motifs (C(OH)–C–C–N with tert-alkyl or cyclic N) is 1. The molecule has 19 heavy (non-hydrogen) atoms. The zero-order valence-corrected chi connectivity index (χ0v) is 11.3. The molecule has 0 aliphatic carbocycles. The zero-order chi connectivity index (χ0) is 14.4. The topological polar surface area (TPSA) is 23.5 Å². The van der Waals surface area contributed by atoms with Crippen LogP contribution in [-0.2, 0) is 18.3 Å². The first-order valence-electron chi connectivity index (χ1n) is 6.28. The first-order chi connectivity index (χ1) is 8.61. The maximum Gasteiger partial charge on any atom is 0.416 e. The average Bonchev–Trinajstić information content (AvgIpc) is 2.25. The van der Waals surface area contributed by atoms with Crippen LogP contribution in [-0.4, -0.2) is 22.6 Å². The van der Waals surface area contributed by atoms with Gasteiger partial charge in [-0.1, -0.05) is 6.07 Å². The van der Waals surface area contributed by atoms with E-state index in [4.69, 9.17) is 0 Å². The minimum atomic E-state index is -4.35. The highest BCUT2D eigenvalue weighted by atomic mass is 19.4. The van der Waals surface area contributed by atoms with E-state index in [-0.39, 0.29) is 6.04 Å². The summed E-state index contributed by atoms with van der Waals surface area (Å²) in [5.74, 6) is 0. The van der Waals surface area contributed by atoms with Gasteiger partial charge in [0.15, 0.2) is 0 Å². The summed E-state index contributed by atoms with van der Waals surface area (Å²) in [6, 6.07) is 3.76. The van der Waals surface area contributed by atoms with Gasteiger partial charge in [-0.15, -0.1) is 0 Å². The van der Waals surface area contributed by atoms with Crippen molar-refractivity contribution < 1.29 is 18.3 Å². The number of aliphatic hydroxyl groups is 1.